The maximum atomic E-state index is 8.69. The SMILES string of the molecule is N#Cc1ccnc(C2CCCO2)c1. The minimum Gasteiger partial charge on any atom is -0.372 e. The van der Waals surface area contributed by atoms with Gasteiger partial charge in [-0.15, -0.1) is 0 Å². The Labute approximate surface area is 77.0 Å². The van der Waals surface area contributed by atoms with Crippen LogP contribution in [0.3, 0.4) is 0 Å². The van der Waals surface area contributed by atoms with Crippen LogP contribution in [0.4, 0.5) is 0 Å². The number of nitriles is 1. The summed E-state index contributed by atoms with van der Waals surface area (Å²) in [5.74, 6) is 0. The summed E-state index contributed by atoms with van der Waals surface area (Å²) < 4.78 is 5.47. The van der Waals surface area contributed by atoms with Crippen molar-refractivity contribution in [3.63, 3.8) is 0 Å². The quantitative estimate of drug-likeness (QED) is 0.652. The Morgan fingerprint density at radius 2 is 2.54 bits per heavy atom. The van der Waals surface area contributed by atoms with Crippen LogP contribution < -0.4 is 0 Å². The summed E-state index contributed by atoms with van der Waals surface area (Å²) in [7, 11) is 0. The zero-order valence-corrected chi connectivity index (χ0v) is 7.23. The first-order valence-electron chi connectivity index (χ1n) is 4.38. The van der Waals surface area contributed by atoms with Gasteiger partial charge >= 0.3 is 0 Å². The van der Waals surface area contributed by atoms with E-state index in [-0.39, 0.29) is 6.10 Å². The van der Waals surface area contributed by atoms with Crippen molar-refractivity contribution in [2.24, 2.45) is 0 Å². The van der Waals surface area contributed by atoms with E-state index < -0.39 is 0 Å². The number of rotatable bonds is 1. The summed E-state index contributed by atoms with van der Waals surface area (Å²) in [5, 5.41) is 8.69. The van der Waals surface area contributed by atoms with Gasteiger partial charge in [0, 0.05) is 12.8 Å². The van der Waals surface area contributed by atoms with Gasteiger partial charge in [-0.2, -0.15) is 5.26 Å². The van der Waals surface area contributed by atoms with Crippen molar-refractivity contribution in [1.29, 1.82) is 5.26 Å². The Bertz CT molecular complexity index is 337. The van der Waals surface area contributed by atoms with E-state index in [4.69, 9.17) is 10.00 Å². The Hall–Kier alpha value is -1.40. The van der Waals surface area contributed by atoms with E-state index in [1.165, 1.54) is 0 Å². The summed E-state index contributed by atoms with van der Waals surface area (Å²) in [5.41, 5.74) is 1.54. The van der Waals surface area contributed by atoms with E-state index in [0.717, 1.165) is 25.1 Å². The van der Waals surface area contributed by atoms with Gasteiger partial charge in [0.25, 0.3) is 0 Å². The molecule has 0 spiro atoms. The standard InChI is InChI=1S/C10H10N2O/c11-7-8-3-4-12-9(6-8)10-2-1-5-13-10/h3-4,6,10H,1-2,5H2. The summed E-state index contributed by atoms with van der Waals surface area (Å²) in [6, 6.07) is 5.60. The largest absolute Gasteiger partial charge is 0.372 e. The smallest absolute Gasteiger partial charge is 0.0995 e. The van der Waals surface area contributed by atoms with Crippen LogP contribution in [-0.4, -0.2) is 11.6 Å². The number of nitrogens with zero attached hydrogens (tertiary/aromatic N) is 2. The monoisotopic (exact) mass is 174 g/mol. The van der Waals surface area contributed by atoms with Gasteiger partial charge in [-0.1, -0.05) is 0 Å². The molecule has 1 aromatic rings. The van der Waals surface area contributed by atoms with E-state index in [1.807, 2.05) is 0 Å². The van der Waals surface area contributed by atoms with Crippen molar-refractivity contribution in [3.05, 3.63) is 29.6 Å². The lowest BCUT2D eigenvalue weighted by Crippen LogP contribution is -1.98. The highest BCUT2D eigenvalue weighted by atomic mass is 16.5. The Kier molecular flexibility index (Phi) is 2.24. The molecule has 1 atom stereocenters. The maximum absolute atomic E-state index is 8.69. The van der Waals surface area contributed by atoms with Crippen LogP contribution in [0.15, 0.2) is 18.3 Å². The molecule has 1 aliphatic heterocycles. The van der Waals surface area contributed by atoms with Crippen molar-refractivity contribution < 1.29 is 4.74 Å². The van der Waals surface area contributed by atoms with E-state index in [9.17, 15) is 0 Å². The van der Waals surface area contributed by atoms with Crippen LogP contribution in [0.25, 0.3) is 0 Å². The molecule has 2 heterocycles. The Balaban J connectivity index is 2.25. The van der Waals surface area contributed by atoms with Gasteiger partial charge in [-0.3, -0.25) is 4.98 Å². The van der Waals surface area contributed by atoms with E-state index in [0.29, 0.717) is 5.56 Å². The van der Waals surface area contributed by atoms with Crippen molar-refractivity contribution in [1.82, 2.24) is 4.98 Å². The highest BCUT2D eigenvalue weighted by Crippen LogP contribution is 2.26. The van der Waals surface area contributed by atoms with Crippen LogP contribution in [-0.2, 0) is 4.74 Å². The van der Waals surface area contributed by atoms with E-state index >= 15 is 0 Å². The van der Waals surface area contributed by atoms with Crippen LogP contribution in [0.1, 0.15) is 30.2 Å². The number of hydrogen-bond acceptors (Lipinski definition) is 3. The van der Waals surface area contributed by atoms with Crippen LogP contribution >= 0.6 is 0 Å². The van der Waals surface area contributed by atoms with Gasteiger partial charge in [0.1, 0.15) is 0 Å². The second kappa shape index (κ2) is 3.55. The lowest BCUT2D eigenvalue weighted by Gasteiger charge is -2.07. The molecule has 1 fully saturated rings. The van der Waals surface area contributed by atoms with Gasteiger partial charge in [0.15, 0.2) is 0 Å². The molecule has 3 heteroatoms. The molecule has 1 saturated heterocycles. The number of pyridine rings is 1. The first kappa shape index (κ1) is 8.21. The third-order valence-corrected chi connectivity index (χ3v) is 2.17. The first-order chi connectivity index (χ1) is 6.40. The Morgan fingerprint density at radius 3 is 3.23 bits per heavy atom. The van der Waals surface area contributed by atoms with Crippen molar-refractivity contribution in [2.45, 2.75) is 18.9 Å². The minimum atomic E-state index is 0.105. The van der Waals surface area contributed by atoms with Gasteiger partial charge in [-0.25, -0.2) is 0 Å². The van der Waals surface area contributed by atoms with Crippen molar-refractivity contribution in [3.8, 4) is 6.07 Å². The summed E-state index contributed by atoms with van der Waals surface area (Å²) in [6.45, 7) is 0.809. The topological polar surface area (TPSA) is 45.9 Å². The van der Waals surface area contributed by atoms with Gasteiger partial charge in [0.05, 0.1) is 23.4 Å². The predicted molar refractivity (Wildman–Crippen MR) is 46.9 cm³/mol. The molecular weight excluding hydrogens is 164 g/mol. The lowest BCUT2D eigenvalue weighted by molar-refractivity contribution is 0.108. The fraction of sp³-hybridized carbons (Fsp3) is 0.400. The molecule has 0 radical (unpaired) electrons. The second-order valence-electron chi connectivity index (χ2n) is 3.08. The number of hydrogen-bond donors (Lipinski definition) is 0. The van der Waals surface area contributed by atoms with Crippen LogP contribution in [0.2, 0.25) is 0 Å². The van der Waals surface area contributed by atoms with Crippen molar-refractivity contribution in [2.75, 3.05) is 6.61 Å². The first-order valence-corrected chi connectivity index (χ1v) is 4.38. The molecule has 3 nitrogen and oxygen atoms in total. The summed E-state index contributed by atoms with van der Waals surface area (Å²) in [6.07, 6.45) is 3.87. The zero-order valence-electron chi connectivity index (χ0n) is 7.23. The highest BCUT2D eigenvalue weighted by Gasteiger charge is 2.18. The molecule has 1 unspecified atom stereocenters. The highest BCUT2D eigenvalue weighted by molar-refractivity contribution is 5.29. The molecule has 2 rings (SSSR count). The molecule has 0 amide bonds. The molecule has 0 bridgehead atoms. The van der Waals surface area contributed by atoms with Gasteiger partial charge in [-0.05, 0) is 25.0 Å². The molecule has 13 heavy (non-hydrogen) atoms. The fourth-order valence-corrected chi connectivity index (χ4v) is 1.50. The second-order valence-corrected chi connectivity index (χ2v) is 3.08. The molecule has 0 N–H and O–H groups in total. The van der Waals surface area contributed by atoms with E-state index in [2.05, 4.69) is 11.1 Å². The number of ether oxygens (including phenoxy) is 1. The molecule has 0 aliphatic carbocycles. The van der Waals surface area contributed by atoms with Gasteiger partial charge in [0.2, 0.25) is 0 Å². The maximum Gasteiger partial charge on any atom is 0.0995 e. The Morgan fingerprint density at radius 1 is 1.62 bits per heavy atom. The fourth-order valence-electron chi connectivity index (χ4n) is 1.50. The minimum absolute atomic E-state index is 0.105. The van der Waals surface area contributed by atoms with E-state index in [1.54, 1.807) is 18.3 Å². The van der Waals surface area contributed by atoms with Gasteiger partial charge < -0.3 is 4.74 Å². The van der Waals surface area contributed by atoms with Crippen LogP contribution in [0.5, 0.6) is 0 Å². The summed E-state index contributed by atoms with van der Waals surface area (Å²) >= 11 is 0. The average Bonchev–Trinajstić information content (AvgIpc) is 2.71. The molecule has 1 aliphatic rings. The zero-order chi connectivity index (χ0) is 9.10. The molecule has 66 valence electrons. The van der Waals surface area contributed by atoms with Crippen molar-refractivity contribution >= 4 is 0 Å². The van der Waals surface area contributed by atoms with Crippen LogP contribution in [0, 0.1) is 11.3 Å². The normalized spacial score (nSPS) is 21.3. The third-order valence-electron chi connectivity index (χ3n) is 2.17. The summed E-state index contributed by atoms with van der Waals surface area (Å²) in [4.78, 5) is 4.19. The molecule has 0 aromatic carbocycles. The predicted octanol–water partition coefficient (Wildman–Crippen LogP) is 1.80. The molecular formula is C10H10N2O. The average molecular weight is 174 g/mol. The number of aromatic nitrogens is 1. The third kappa shape index (κ3) is 1.68. The lowest BCUT2D eigenvalue weighted by atomic mass is 10.1. The molecule has 1 aromatic heterocycles. The molecule has 0 saturated carbocycles.